The number of benzene rings is 1. The van der Waals surface area contributed by atoms with Crippen LogP contribution in [0.2, 0.25) is 0 Å². The van der Waals surface area contributed by atoms with Crippen LogP contribution in [0, 0.1) is 0 Å². The molecule has 23 heavy (non-hydrogen) atoms. The van der Waals surface area contributed by atoms with Gasteiger partial charge in [0.05, 0.1) is 0 Å². The van der Waals surface area contributed by atoms with E-state index in [9.17, 15) is 4.79 Å². The minimum atomic E-state index is -0.694. The van der Waals surface area contributed by atoms with Crippen molar-refractivity contribution in [2.24, 2.45) is 0 Å². The van der Waals surface area contributed by atoms with Crippen LogP contribution in [0.4, 0.5) is 5.13 Å². The number of nitrogens with zero attached hydrogens (tertiary/aromatic N) is 6. The van der Waals surface area contributed by atoms with Crippen molar-refractivity contribution in [2.45, 2.75) is 12.6 Å². The largest absolute Gasteiger partial charge is 0.377 e. The molecule has 0 unspecified atom stereocenters. The summed E-state index contributed by atoms with van der Waals surface area (Å²) in [5, 5.41) is 22.7. The first-order valence-electron chi connectivity index (χ1n) is 6.67. The second kappa shape index (κ2) is 7.03. The summed E-state index contributed by atoms with van der Waals surface area (Å²) in [6, 6.07) is 8.55. The Kier molecular flexibility index (Phi) is 4.64. The molecule has 0 fully saturated rings. The van der Waals surface area contributed by atoms with Crippen molar-refractivity contribution in [3.05, 3.63) is 47.2 Å². The lowest BCUT2D eigenvalue weighted by Gasteiger charge is -2.15. The lowest BCUT2D eigenvalue weighted by molar-refractivity contribution is -0.118. The number of nitrogens with one attached hydrogen (secondary N) is 1. The highest BCUT2D eigenvalue weighted by atomic mass is 32.1. The average Bonchev–Trinajstić information content (AvgIpc) is 3.22. The molecule has 10 heteroatoms. The van der Waals surface area contributed by atoms with E-state index in [0.29, 0.717) is 16.7 Å². The Morgan fingerprint density at radius 1 is 1.35 bits per heavy atom. The van der Waals surface area contributed by atoms with Crippen molar-refractivity contribution in [1.29, 1.82) is 0 Å². The average molecular weight is 331 g/mol. The lowest BCUT2D eigenvalue weighted by Crippen LogP contribution is -2.27. The van der Waals surface area contributed by atoms with Crippen molar-refractivity contribution < 1.29 is 9.53 Å². The predicted molar refractivity (Wildman–Crippen MR) is 81.6 cm³/mol. The van der Waals surface area contributed by atoms with Crippen LogP contribution in [0.3, 0.4) is 0 Å². The van der Waals surface area contributed by atoms with Crippen LogP contribution in [0.1, 0.15) is 16.6 Å². The molecule has 2 aromatic heterocycles. The van der Waals surface area contributed by atoms with Gasteiger partial charge in [0.2, 0.25) is 5.13 Å². The van der Waals surface area contributed by atoms with E-state index in [0.717, 1.165) is 5.56 Å². The number of hydrogen-bond donors (Lipinski definition) is 1. The number of carbonyl (C=O) groups is 1. The number of tetrazole rings is 1. The van der Waals surface area contributed by atoms with Gasteiger partial charge in [-0.15, -0.1) is 15.3 Å². The van der Waals surface area contributed by atoms with E-state index in [1.807, 2.05) is 30.3 Å². The summed E-state index contributed by atoms with van der Waals surface area (Å²) >= 11 is 1.26. The maximum atomic E-state index is 12.7. The molecule has 3 aromatic rings. The van der Waals surface area contributed by atoms with Crippen LogP contribution in [0.5, 0.6) is 0 Å². The van der Waals surface area contributed by atoms with Crippen molar-refractivity contribution in [1.82, 2.24) is 30.4 Å². The summed E-state index contributed by atoms with van der Waals surface area (Å²) < 4.78 is 6.38. The topological polar surface area (TPSA) is 108 Å². The summed E-state index contributed by atoms with van der Waals surface area (Å²) in [6.07, 6.45) is 1.40. The summed E-state index contributed by atoms with van der Waals surface area (Å²) in [7, 11) is 1.57. The first kappa shape index (κ1) is 15.2. The van der Waals surface area contributed by atoms with Gasteiger partial charge >= 0.3 is 0 Å². The molecular weight excluding hydrogens is 318 g/mol. The molecule has 1 atom stereocenters. The SMILES string of the molecule is COCc1nnc(NC(=O)[C@H](c2ccccc2)n2cnnn2)s1. The maximum Gasteiger partial charge on any atom is 0.255 e. The molecule has 0 bridgehead atoms. The molecule has 0 radical (unpaired) electrons. The molecule has 0 saturated carbocycles. The molecule has 1 amide bonds. The normalized spacial score (nSPS) is 12.0. The Hall–Kier alpha value is -2.72. The Bertz CT molecular complexity index is 760. The highest BCUT2D eigenvalue weighted by Crippen LogP contribution is 2.21. The van der Waals surface area contributed by atoms with Crippen molar-refractivity contribution in [2.75, 3.05) is 12.4 Å². The van der Waals surface area contributed by atoms with E-state index in [2.05, 4.69) is 31.0 Å². The zero-order valence-corrected chi connectivity index (χ0v) is 13.0. The fraction of sp³-hybridized carbons (Fsp3) is 0.231. The van der Waals surface area contributed by atoms with E-state index in [-0.39, 0.29) is 5.91 Å². The van der Waals surface area contributed by atoms with E-state index in [1.54, 1.807) is 7.11 Å². The molecule has 9 nitrogen and oxygen atoms in total. The van der Waals surface area contributed by atoms with Crippen LogP contribution >= 0.6 is 11.3 Å². The highest BCUT2D eigenvalue weighted by molar-refractivity contribution is 7.15. The minimum absolute atomic E-state index is 0.302. The molecule has 1 N–H and O–H groups in total. The van der Waals surface area contributed by atoms with Gasteiger partial charge < -0.3 is 4.74 Å². The second-order valence-electron chi connectivity index (χ2n) is 4.53. The Morgan fingerprint density at radius 2 is 2.17 bits per heavy atom. The van der Waals surface area contributed by atoms with Gasteiger partial charge in [0.1, 0.15) is 17.9 Å². The summed E-state index contributed by atoms with van der Waals surface area (Å²) in [5.41, 5.74) is 0.763. The second-order valence-corrected chi connectivity index (χ2v) is 5.59. The van der Waals surface area contributed by atoms with Gasteiger partial charge in [-0.3, -0.25) is 10.1 Å². The summed E-state index contributed by atoms with van der Waals surface area (Å²) in [4.78, 5) is 12.7. The summed E-state index contributed by atoms with van der Waals surface area (Å²) in [5.74, 6) is -0.302. The van der Waals surface area contributed by atoms with E-state index >= 15 is 0 Å². The van der Waals surface area contributed by atoms with Gasteiger partial charge in [-0.05, 0) is 16.0 Å². The number of anilines is 1. The first-order chi connectivity index (χ1) is 11.3. The molecule has 0 aliphatic carbocycles. The number of hydrogen-bond acceptors (Lipinski definition) is 8. The molecule has 2 heterocycles. The standard InChI is InChI=1S/C13H13N7O2S/c1-22-7-10-16-17-13(23-10)15-12(21)11(20-8-14-18-19-20)9-5-3-2-4-6-9/h2-6,8,11H,7H2,1H3,(H,15,17,21)/t11-/m0/s1. The quantitative estimate of drug-likeness (QED) is 0.715. The smallest absolute Gasteiger partial charge is 0.255 e. The third-order valence-electron chi connectivity index (χ3n) is 2.96. The van der Waals surface area contributed by atoms with Crippen LogP contribution in [-0.2, 0) is 16.1 Å². The molecule has 0 aliphatic heterocycles. The Labute approximate surface area is 135 Å². The first-order valence-corrected chi connectivity index (χ1v) is 7.49. The Balaban J connectivity index is 1.83. The minimum Gasteiger partial charge on any atom is -0.377 e. The highest BCUT2D eigenvalue weighted by Gasteiger charge is 2.24. The van der Waals surface area contributed by atoms with Gasteiger partial charge in [0, 0.05) is 7.11 Å². The molecule has 118 valence electrons. The van der Waals surface area contributed by atoms with Crippen molar-refractivity contribution >= 4 is 22.4 Å². The molecule has 1 aromatic carbocycles. The zero-order chi connectivity index (χ0) is 16.1. The van der Waals surface area contributed by atoms with Gasteiger partial charge in [0.15, 0.2) is 6.04 Å². The van der Waals surface area contributed by atoms with Gasteiger partial charge in [-0.1, -0.05) is 41.7 Å². The van der Waals surface area contributed by atoms with E-state index < -0.39 is 6.04 Å². The maximum absolute atomic E-state index is 12.7. The molecule has 3 rings (SSSR count). The molecule has 0 aliphatic rings. The number of ether oxygens (including phenoxy) is 1. The fourth-order valence-corrected chi connectivity index (χ4v) is 2.72. The van der Waals surface area contributed by atoms with Gasteiger partial charge in [-0.2, -0.15) is 0 Å². The molecule has 0 spiro atoms. The Morgan fingerprint density at radius 3 is 2.87 bits per heavy atom. The predicted octanol–water partition coefficient (Wildman–Crippen LogP) is 0.899. The van der Waals surface area contributed by atoms with E-state index in [1.165, 1.54) is 22.3 Å². The lowest BCUT2D eigenvalue weighted by atomic mass is 10.1. The van der Waals surface area contributed by atoms with Crippen LogP contribution in [-0.4, -0.2) is 43.4 Å². The third-order valence-corrected chi connectivity index (χ3v) is 3.77. The van der Waals surface area contributed by atoms with Crippen molar-refractivity contribution in [3.63, 3.8) is 0 Å². The number of methoxy groups -OCH3 is 1. The van der Waals surface area contributed by atoms with Crippen molar-refractivity contribution in [3.8, 4) is 0 Å². The van der Waals surface area contributed by atoms with Crippen LogP contribution < -0.4 is 5.32 Å². The fourth-order valence-electron chi connectivity index (χ4n) is 2.01. The van der Waals surface area contributed by atoms with Gasteiger partial charge in [0.25, 0.3) is 5.91 Å². The van der Waals surface area contributed by atoms with E-state index in [4.69, 9.17) is 4.74 Å². The molecular formula is C13H13N7O2S. The zero-order valence-electron chi connectivity index (χ0n) is 12.2. The third kappa shape index (κ3) is 3.55. The van der Waals surface area contributed by atoms with Crippen LogP contribution in [0.25, 0.3) is 0 Å². The number of amides is 1. The molecule has 0 saturated heterocycles. The number of rotatable bonds is 6. The summed E-state index contributed by atoms with van der Waals surface area (Å²) in [6.45, 7) is 0.350. The monoisotopic (exact) mass is 331 g/mol. The number of carbonyl (C=O) groups excluding carboxylic acids is 1. The number of aromatic nitrogens is 6. The van der Waals surface area contributed by atoms with Crippen LogP contribution in [0.15, 0.2) is 36.7 Å². The van der Waals surface area contributed by atoms with Gasteiger partial charge in [-0.25, -0.2) is 4.68 Å².